The molecule has 6 nitrogen and oxygen atoms in total. The predicted molar refractivity (Wildman–Crippen MR) is 156 cm³/mol. The molecule has 2 aromatic heterocycles. The average molecular weight is 491 g/mol. The van der Waals surface area contributed by atoms with Crippen LogP contribution in [0.5, 0.6) is 0 Å². The van der Waals surface area contributed by atoms with Gasteiger partial charge in [-0.1, -0.05) is 73.2 Å². The van der Waals surface area contributed by atoms with Crippen LogP contribution in [0.4, 0.5) is 17.3 Å². The topological polar surface area (TPSA) is 59.7 Å². The number of rotatable bonds is 3. The van der Waals surface area contributed by atoms with Crippen molar-refractivity contribution in [2.24, 2.45) is 14.1 Å². The Bertz CT molecular complexity index is 1140. The van der Waals surface area contributed by atoms with Crippen LogP contribution in [0, 0.1) is 0 Å². The highest BCUT2D eigenvalue weighted by Gasteiger charge is 2.14. The molecule has 0 aliphatic heterocycles. The smallest absolute Gasteiger partial charge is 0.207 e. The van der Waals surface area contributed by atoms with Gasteiger partial charge in [0.05, 0.1) is 6.33 Å². The molecule has 0 radical (unpaired) electrons. The van der Waals surface area contributed by atoms with E-state index in [-0.39, 0.29) is 18.3 Å². The van der Waals surface area contributed by atoms with Gasteiger partial charge in [-0.3, -0.25) is 0 Å². The predicted octanol–water partition coefficient (Wildman–Crippen LogP) is 7.54. The highest BCUT2D eigenvalue weighted by Crippen LogP contribution is 2.26. The summed E-state index contributed by atoms with van der Waals surface area (Å²) in [6, 6.07) is 17.0. The summed E-state index contributed by atoms with van der Waals surface area (Å²) in [5.74, 6) is 0.857. The first-order valence-corrected chi connectivity index (χ1v) is 12.0. The van der Waals surface area contributed by atoms with E-state index in [0.717, 1.165) is 11.6 Å². The highest BCUT2D eigenvalue weighted by molar-refractivity contribution is 5.55. The van der Waals surface area contributed by atoms with E-state index in [1.165, 1.54) is 16.8 Å². The van der Waals surface area contributed by atoms with Gasteiger partial charge in [-0.25, -0.2) is 9.97 Å². The molecule has 0 spiro atoms. The van der Waals surface area contributed by atoms with Crippen molar-refractivity contribution in [3.63, 3.8) is 0 Å². The molecule has 0 atom stereocenters. The quantitative estimate of drug-likeness (QED) is 0.311. The second-order valence-electron chi connectivity index (χ2n) is 10.6. The molecule has 6 heteroatoms. The van der Waals surface area contributed by atoms with Crippen LogP contribution < -0.4 is 10.6 Å². The molecule has 0 saturated heterocycles. The Morgan fingerprint density at radius 3 is 1.69 bits per heavy atom. The van der Waals surface area contributed by atoms with Gasteiger partial charge in [0.15, 0.2) is 0 Å². The molecule has 4 aromatic rings. The molecule has 2 aromatic carbocycles. The largest absolute Gasteiger partial charge is 0.388 e. The number of nitrogens with zero attached hydrogens (tertiary/aromatic N) is 4. The van der Waals surface area contributed by atoms with Gasteiger partial charge in [-0.05, 0) is 46.2 Å². The third-order valence-electron chi connectivity index (χ3n) is 5.46. The van der Waals surface area contributed by atoms with Crippen molar-refractivity contribution in [1.29, 1.82) is 0 Å². The minimum Gasteiger partial charge on any atom is -0.388 e. The van der Waals surface area contributed by atoms with Crippen LogP contribution in [0.25, 0.3) is 0 Å². The van der Waals surface area contributed by atoms with Gasteiger partial charge in [-0.15, -0.1) is 0 Å². The highest BCUT2D eigenvalue weighted by atomic mass is 15.2. The first-order chi connectivity index (χ1) is 16.4. The van der Waals surface area contributed by atoms with Gasteiger partial charge >= 0.3 is 0 Å². The van der Waals surface area contributed by atoms with Crippen LogP contribution in [0.15, 0.2) is 79.6 Å². The third kappa shape index (κ3) is 9.98. The number of aromatic nitrogens is 4. The molecule has 0 amide bonds. The normalized spacial score (nSPS) is 10.7. The van der Waals surface area contributed by atoms with Crippen LogP contribution >= 0.6 is 0 Å². The second kappa shape index (κ2) is 13.5. The lowest BCUT2D eigenvalue weighted by Crippen LogP contribution is -2.11. The van der Waals surface area contributed by atoms with Crippen LogP contribution in [0.1, 0.15) is 60.1 Å². The fourth-order valence-corrected chi connectivity index (χ4v) is 3.15. The van der Waals surface area contributed by atoms with Crippen LogP contribution in [0.2, 0.25) is 0 Å². The first kappa shape index (κ1) is 30.5. The van der Waals surface area contributed by atoms with Gasteiger partial charge < -0.3 is 19.8 Å². The number of imidazole rings is 2. The lowest BCUT2D eigenvalue weighted by atomic mass is 9.87. The molecular formula is C30H46N6. The maximum atomic E-state index is 4.25. The summed E-state index contributed by atoms with van der Waals surface area (Å²) in [5, 5.41) is 6.46. The zero-order chi connectivity index (χ0) is 26.1. The third-order valence-corrected chi connectivity index (χ3v) is 5.46. The number of benzene rings is 2. The second-order valence-corrected chi connectivity index (χ2v) is 10.6. The van der Waals surface area contributed by atoms with E-state index in [1.807, 2.05) is 42.7 Å². The first-order valence-electron chi connectivity index (χ1n) is 12.0. The SMILES string of the molecule is C.CNc1cccc(C(C)(C)C)c1.Cn1ccnc1.Cn1ccnc1Nc1cccc(C(C)(C)C)c1. The molecule has 196 valence electrons. The van der Waals surface area contributed by atoms with Crippen LogP contribution in [-0.2, 0) is 24.9 Å². The number of hydrogen-bond donors (Lipinski definition) is 2. The summed E-state index contributed by atoms with van der Waals surface area (Å²) in [6.45, 7) is 13.3. The molecule has 36 heavy (non-hydrogen) atoms. The van der Waals surface area contributed by atoms with Gasteiger partial charge in [0, 0.05) is 57.3 Å². The number of nitrogens with one attached hydrogen (secondary N) is 2. The van der Waals surface area contributed by atoms with E-state index in [9.17, 15) is 0 Å². The van der Waals surface area contributed by atoms with E-state index in [0.29, 0.717) is 0 Å². The van der Waals surface area contributed by atoms with Crippen LogP contribution in [0.3, 0.4) is 0 Å². The summed E-state index contributed by atoms with van der Waals surface area (Å²) < 4.78 is 3.85. The van der Waals surface area contributed by atoms with Crippen molar-refractivity contribution in [2.75, 3.05) is 17.7 Å². The van der Waals surface area contributed by atoms with E-state index in [2.05, 4.69) is 111 Å². The summed E-state index contributed by atoms with van der Waals surface area (Å²) in [4.78, 5) is 8.04. The van der Waals surface area contributed by atoms with Crippen molar-refractivity contribution in [2.45, 2.75) is 59.8 Å². The van der Waals surface area contributed by atoms with Crippen LogP contribution in [-0.4, -0.2) is 26.1 Å². The zero-order valence-corrected chi connectivity index (χ0v) is 22.8. The molecule has 0 aliphatic carbocycles. The van der Waals surface area contributed by atoms with Crippen molar-refractivity contribution >= 4 is 17.3 Å². The monoisotopic (exact) mass is 490 g/mol. The maximum Gasteiger partial charge on any atom is 0.207 e. The van der Waals surface area contributed by atoms with Gasteiger partial charge in [0.1, 0.15) is 0 Å². The van der Waals surface area contributed by atoms with E-state index < -0.39 is 0 Å². The lowest BCUT2D eigenvalue weighted by Gasteiger charge is -2.20. The lowest BCUT2D eigenvalue weighted by molar-refractivity contribution is 0.590. The minimum absolute atomic E-state index is 0. The fourth-order valence-electron chi connectivity index (χ4n) is 3.15. The molecule has 0 aliphatic rings. The minimum atomic E-state index is 0. The molecule has 2 heterocycles. The average Bonchev–Trinajstić information content (AvgIpc) is 3.45. The fraction of sp³-hybridized carbons (Fsp3) is 0.400. The summed E-state index contributed by atoms with van der Waals surface area (Å²) in [6.07, 6.45) is 9.10. The molecule has 4 rings (SSSR count). The molecular weight excluding hydrogens is 444 g/mol. The summed E-state index contributed by atoms with van der Waals surface area (Å²) in [5.41, 5.74) is 5.35. The Hall–Kier alpha value is -3.54. The Morgan fingerprint density at radius 1 is 0.750 bits per heavy atom. The maximum absolute atomic E-state index is 4.25. The molecule has 0 bridgehead atoms. The Morgan fingerprint density at radius 2 is 1.31 bits per heavy atom. The zero-order valence-electron chi connectivity index (χ0n) is 22.8. The Balaban J connectivity index is 0.000000297. The van der Waals surface area contributed by atoms with Gasteiger partial charge in [0.2, 0.25) is 5.95 Å². The Kier molecular flexibility index (Phi) is 11.5. The molecule has 0 unspecified atom stereocenters. The van der Waals surface area contributed by atoms with E-state index >= 15 is 0 Å². The number of anilines is 3. The van der Waals surface area contributed by atoms with Crippen molar-refractivity contribution in [3.05, 3.63) is 90.8 Å². The molecule has 2 N–H and O–H groups in total. The summed E-state index contributed by atoms with van der Waals surface area (Å²) in [7, 11) is 5.86. The summed E-state index contributed by atoms with van der Waals surface area (Å²) >= 11 is 0. The molecule has 0 saturated carbocycles. The number of hydrogen-bond acceptors (Lipinski definition) is 4. The molecule has 0 fully saturated rings. The Labute approximate surface area is 218 Å². The van der Waals surface area contributed by atoms with Crippen molar-refractivity contribution < 1.29 is 0 Å². The number of aryl methyl sites for hydroxylation is 2. The van der Waals surface area contributed by atoms with Crippen molar-refractivity contribution in [3.8, 4) is 0 Å². The standard InChI is InChI=1S/C14H19N3.C11H17N.C4H6N2.CH4/c1-14(2,3)11-6-5-7-12(10-11)16-13-15-8-9-17(13)4;1-11(2,3)9-6-5-7-10(8-9)12-4;1-6-3-2-5-4-6;/h5-10H,1-4H3,(H,15,16);5-8,12H,1-4H3;2-4H,1H3;1H4. The van der Waals surface area contributed by atoms with E-state index in [4.69, 9.17) is 0 Å². The van der Waals surface area contributed by atoms with Gasteiger partial charge in [-0.2, -0.15) is 0 Å². The van der Waals surface area contributed by atoms with Crippen molar-refractivity contribution in [1.82, 2.24) is 19.1 Å². The van der Waals surface area contributed by atoms with E-state index in [1.54, 1.807) is 18.7 Å². The van der Waals surface area contributed by atoms with Gasteiger partial charge in [0.25, 0.3) is 0 Å².